The molecule has 120 valence electrons. The molecule has 1 rings (SSSR count). The topological polar surface area (TPSA) is 88.9 Å². The lowest BCUT2D eigenvalue weighted by molar-refractivity contribution is 0.143. The predicted octanol–water partition coefficient (Wildman–Crippen LogP) is 1.56. The Morgan fingerprint density at radius 3 is 2.81 bits per heavy atom. The molecule has 1 aromatic heterocycles. The first-order valence-corrected chi connectivity index (χ1v) is 7.72. The fourth-order valence-electron chi connectivity index (χ4n) is 2.04. The highest BCUT2D eigenvalue weighted by atomic mass is 79.9. The van der Waals surface area contributed by atoms with Gasteiger partial charge in [0.05, 0.1) is 22.5 Å². The Morgan fingerprint density at radius 1 is 1.52 bits per heavy atom. The van der Waals surface area contributed by atoms with Gasteiger partial charge in [0.1, 0.15) is 5.84 Å². The molecule has 8 heteroatoms. The van der Waals surface area contributed by atoms with Gasteiger partial charge in [0.2, 0.25) is 0 Å². The number of oxime groups is 1. The average Bonchev–Trinajstić information content (AvgIpc) is 2.76. The van der Waals surface area contributed by atoms with Gasteiger partial charge in [-0.05, 0) is 29.8 Å². The van der Waals surface area contributed by atoms with Crippen molar-refractivity contribution in [2.45, 2.75) is 33.4 Å². The fourth-order valence-corrected chi connectivity index (χ4v) is 2.45. The maximum Gasteiger partial charge on any atom is 0.140 e. The molecule has 0 fully saturated rings. The molecule has 0 bridgehead atoms. The number of aromatic nitrogens is 2. The number of hydrogen-bond donors (Lipinski definition) is 2. The van der Waals surface area contributed by atoms with Gasteiger partial charge in [0.25, 0.3) is 0 Å². The summed E-state index contributed by atoms with van der Waals surface area (Å²) >= 11 is 3.60. The summed E-state index contributed by atoms with van der Waals surface area (Å²) in [6.07, 6.45) is 0.511. The van der Waals surface area contributed by atoms with Crippen molar-refractivity contribution in [1.29, 1.82) is 0 Å². The van der Waals surface area contributed by atoms with E-state index in [4.69, 9.17) is 15.7 Å². The molecule has 0 aliphatic heterocycles. The Labute approximate surface area is 133 Å². The summed E-state index contributed by atoms with van der Waals surface area (Å²) in [5, 5.41) is 16.2. The molecule has 0 atom stereocenters. The van der Waals surface area contributed by atoms with E-state index in [1.54, 1.807) is 7.11 Å². The monoisotopic (exact) mass is 361 g/mol. The van der Waals surface area contributed by atoms with Gasteiger partial charge in [-0.2, -0.15) is 5.10 Å². The SMILES string of the molecule is CCn1nc(C)c(Br)c1CN(CCOC)CCC(N)=NO. The Morgan fingerprint density at radius 2 is 2.24 bits per heavy atom. The van der Waals surface area contributed by atoms with Crippen molar-refractivity contribution in [3.63, 3.8) is 0 Å². The van der Waals surface area contributed by atoms with Gasteiger partial charge in [-0.25, -0.2) is 0 Å². The van der Waals surface area contributed by atoms with Gasteiger partial charge < -0.3 is 15.7 Å². The largest absolute Gasteiger partial charge is 0.409 e. The minimum atomic E-state index is 0.233. The molecule has 21 heavy (non-hydrogen) atoms. The second-order valence-corrected chi connectivity index (χ2v) is 5.57. The van der Waals surface area contributed by atoms with Crippen LogP contribution in [0, 0.1) is 6.92 Å². The average molecular weight is 362 g/mol. The van der Waals surface area contributed by atoms with Gasteiger partial charge >= 0.3 is 0 Å². The zero-order chi connectivity index (χ0) is 15.8. The second kappa shape index (κ2) is 9.01. The maximum absolute atomic E-state index is 8.64. The van der Waals surface area contributed by atoms with Crippen molar-refractivity contribution in [3.8, 4) is 0 Å². The van der Waals surface area contributed by atoms with Crippen molar-refractivity contribution >= 4 is 21.8 Å². The summed E-state index contributed by atoms with van der Waals surface area (Å²) in [4.78, 5) is 2.20. The first kappa shape index (κ1) is 17.9. The summed E-state index contributed by atoms with van der Waals surface area (Å²) in [7, 11) is 1.68. The van der Waals surface area contributed by atoms with E-state index in [0.717, 1.165) is 35.5 Å². The smallest absolute Gasteiger partial charge is 0.140 e. The van der Waals surface area contributed by atoms with Crippen molar-refractivity contribution in [2.75, 3.05) is 26.8 Å². The first-order chi connectivity index (χ1) is 10.0. The van der Waals surface area contributed by atoms with Crippen LogP contribution >= 0.6 is 15.9 Å². The van der Waals surface area contributed by atoms with Gasteiger partial charge in [-0.3, -0.25) is 9.58 Å². The minimum absolute atomic E-state index is 0.233. The number of amidine groups is 1. The highest BCUT2D eigenvalue weighted by Crippen LogP contribution is 2.22. The van der Waals surface area contributed by atoms with Crippen LogP contribution < -0.4 is 5.73 Å². The molecule has 0 aliphatic rings. The van der Waals surface area contributed by atoms with Gasteiger partial charge in [0.15, 0.2) is 0 Å². The van der Waals surface area contributed by atoms with Crippen LogP contribution in [-0.2, 0) is 17.8 Å². The Balaban J connectivity index is 2.80. The molecular formula is C13H24BrN5O2. The molecule has 0 aliphatic carbocycles. The molecule has 1 heterocycles. The molecule has 3 N–H and O–H groups in total. The predicted molar refractivity (Wildman–Crippen MR) is 85.5 cm³/mol. The Bertz CT molecular complexity index is 475. The molecule has 0 unspecified atom stereocenters. The third kappa shape index (κ3) is 5.29. The quantitative estimate of drug-likeness (QED) is 0.301. The second-order valence-electron chi connectivity index (χ2n) is 4.77. The van der Waals surface area contributed by atoms with E-state index in [2.05, 4.69) is 38.0 Å². The highest BCUT2D eigenvalue weighted by Gasteiger charge is 2.16. The molecule has 0 amide bonds. The van der Waals surface area contributed by atoms with E-state index < -0.39 is 0 Å². The third-order valence-electron chi connectivity index (χ3n) is 3.25. The van der Waals surface area contributed by atoms with E-state index in [-0.39, 0.29) is 5.84 Å². The van der Waals surface area contributed by atoms with Crippen molar-refractivity contribution in [3.05, 3.63) is 15.9 Å². The standard InChI is InChI=1S/C13H24BrN5O2/c1-4-19-11(13(14)10(2)16-19)9-18(7-8-21-3)6-5-12(15)17-20/h20H,4-9H2,1-3H3,(H2,15,17). The van der Waals surface area contributed by atoms with Crippen LogP contribution in [0.15, 0.2) is 9.63 Å². The molecule has 7 nitrogen and oxygen atoms in total. The van der Waals surface area contributed by atoms with Gasteiger partial charge in [0, 0.05) is 39.7 Å². The Kier molecular flexibility index (Phi) is 7.69. The molecule has 0 saturated carbocycles. The molecule has 0 spiro atoms. The lowest BCUT2D eigenvalue weighted by Crippen LogP contribution is -2.31. The van der Waals surface area contributed by atoms with Gasteiger partial charge in [-0.15, -0.1) is 0 Å². The van der Waals surface area contributed by atoms with E-state index in [1.807, 2.05) is 11.6 Å². The number of rotatable bonds is 9. The number of methoxy groups -OCH3 is 1. The summed E-state index contributed by atoms with van der Waals surface area (Å²) in [6, 6.07) is 0. The zero-order valence-electron chi connectivity index (χ0n) is 12.8. The van der Waals surface area contributed by atoms with Crippen molar-refractivity contribution in [1.82, 2.24) is 14.7 Å². The number of halogens is 1. The maximum atomic E-state index is 8.64. The van der Waals surface area contributed by atoms with Crippen molar-refractivity contribution in [2.24, 2.45) is 10.9 Å². The van der Waals surface area contributed by atoms with Crippen LogP contribution in [0.5, 0.6) is 0 Å². The van der Waals surface area contributed by atoms with Crippen LogP contribution in [0.2, 0.25) is 0 Å². The molecule has 0 aromatic carbocycles. The van der Waals surface area contributed by atoms with Crippen molar-refractivity contribution < 1.29 is 9.94 Å². The fraction of sp³-hybridized carbons (Fsp3) is 0.692. The number of ether oxygens (including phenoxy) is 1. The molecular weight excluding hydrogens is 338 g/mol. The van der Waals surface area contributed by atoms with E-state index in [9.17, 15) is 0 Å². The number of nitrogens with two attached hydrogens (primary N) is 1. The summed E-state index contributed by atoms with van der Waals surface area (Å²) < 4.78 is 8.17. The number of nitrogens with zero attached hydrogens (tertiary/aromatic N) is 4. The van der Waals surface area contributed by atoms with Crippen LogP contribution in [0.4, 0.5) is 0 Å². The molecule has 0 radical (unpaired) electrons. The Hall–Kier alpha value is -1.12. The van der Waals surface area contributed by atoms with E-state index in [1.165, 1.54) is 0 Å². The van der Waals surface area contributed by atoms with Gasteiger partial charge in [-0.1, -0.05) is 5.16 Å². The number of hydrogen-bond acceptors (Lipinski definition) is 5. The highest BCUT2D eigenvalue weighted by molar-refractivity contribution is 9.10. The molecule has 1 aromatic rings. The van der Waals surface area contributed by atoms with E-state index in [0.29, 0.717) is 19.6 Å². The summed E-state index contributed by atoms with van der Waals surface area (Å²) in [5.74, 6) is 0.233. The summed E-state index contributed by atoms with van der Waals surface area (Å²) in [6.45, 7) is 7.70. The van der Waals surface area contributed by atoms with E-state index >= 15 is 0 Å². The number of aryl methyl sites for hydroxylation is 2. The third-order valence-corrected chi connectivity index (χ3v) is 4.28. The normalized spacial score (nSPS) is 12.3. The minimum Gasteiger partial charge on any atom is -0.409 e. The van der Waals surface area contributed by atoms with Crippen LogP contribution in [0.3, 0.4) is 0 Å². The summed E-state index contributed by atoms with van der Waals surface area (Å²) in [5.41, 5.74) is 7.66. The first-order valence-electron chi connectivity index (χ1n) is 6.92. The zero-order valence-corrected chi connectivity index (χ0v) is 14.4. The van der Waals surface area contributed by atoms with Crippen LogP contribution in [-0.4, -0.2) is 52.5 Å². The van der Waals surface area contributed by atoms with Crippen LogP contribution in [0.1, 0.15) is 24.7 Å². The lowest BCUT2D eigenvalue weighted by Gasteiger charge is -2.22. The van der Waals surface area contributed by atoms with Crippen LogP contribution in [0.25, 0.3) is 0 Å². The molecule has 0 saturated heterocycles. The lowest BCUT2D eigenvalue weighted by atomic mass is 10.3.